The predicted octanol–water partition coefficient (Wildman–Crippen LogP) is 0.258. The highest BCUT2D eigenvalue weighted by Gasteiger charge is 2.36. The van der Waals surface area contributed by atoms with Crippen LogP contribution in [0.3, 0.4) is 0 Å². The molecular weight excluding hydrogens is 232 g/mol. The summed E-state index contributed by atoms with van der Waals surface area (Å²) in [6.45, 7) is -0.341. The number of amides is 2. The SMILES string of the molecule is COC(=O)CN1C(=O)S/C(=C\N(C)C)C1=O. The molecule has 1 rings (SSSR count). The van der Waals surface area contributed by atoms with Gasteiger partial charge in [-0.2, -0.15) is 0 Å². The smallest absolute Gasteiger partial charge is 0.325 e. The molecule has 0 unspecified atom stereocenters. The lowest BCUT2D eigenvalue weighted by Crippen LogP contribution is -2.34. The lowest BCUT2D eigenvalue weighted by Gasteiger charge is -2.10. The molecule has 0 N–H and O–H groups in total. The molecule has 0 radical (unpaired) electrons. The van der Waals surface area contributed by atoms with Crippen molar-refractivity contribution < 1.29 is 19.1 Å². The van der Waals surface area contributed by atoms with Gasteiger partial charge in [-0.3, -0.25) is 19.3 Å². The summed E-state index contributed by atoms with van der Waals surface area (Å²) < 4.78 is 4.40. The Kier molecular flexibility index (Phi) is 3.94. The van der Waals surface area contributed by atoms with E-state index in [1.807, 2.05) is 0 Å². The Hall–Kier alpha value is -1.50. The second kappa shape index (κ2) is 5.02. The Labute approximate surface area is 97.2 Å². The number of imide groups is 1. The zero-order valence-electron chi connectivity index (χ0n) is 9.22. The van der Waals surface area contributed by atoms with Crippen LogP contribution in [0.4, 0.5) is 4.79 Å². The second-order valence-corrected chi connectivity index (χ2v) is 4.29. The quantitative estimate of drug-likeness (QED) is 0.524. The van der Waals surface area contributed by atoms with Crippen LogP contribution in [-0.2, 0) is 14.3 Å². The Bertz CT molecular complexity index is 365. The third-order valence-electron chi connectivity index (χ3n) is 1.76. The van der Waals surface area contributed by atoms with Crippen LogP contribution in [0.15, 0.2) is 11.1 Å². The average molecular weight is 244 g/mol. The normalized spacial score (nSPS) is 18.2. The number of methoxy groups -OCH3 is 1. The lowest BCUT2D eigenvalue weighted by molar-refractivity contribution is -0.143. The number of hydrogen-bond donors (Lipinski definition) is 0. The van der Waals surface area contributed by atoms with E-state index in [-0.39, 0.29) is 6.54 Å². The summed E-state index contributed by atoms with van der Waals surface area (Å²) in [5.41, 5.74) is 0. The van der Waals surface area contributed by atoms with E-state index in [4.69, 9.17) is 0 Å². The van der Waals surface area contributed by atoms with Crippen molar-refractivity contribution in [1.29, 1.82) is 0 Å². The number of carbonyl (C=O) groups excluding carboxylic acids is 3. The number of carbonyl (C=O) groups is 3. The van der Waals surface area contributed by atoms with Crippen molar-refractivity contribution in [2.45, 2.75) is 0 Å². The highest BCUT2D eigenvalue weighted by atomic mass is 32.2. The molecule has 1 fully saturated rings. The van der Waals surface area contributed by atoms with Gasteiger partial charge >= 0.3 is 5.97 Å². The van der Waals surface area contributed by atoms with E-state index in [1.54, 1.807) is 25.2 Å². The van der Waals surface area contributed by atoms with Crippen LogP contribution in [0, 0.1) is 0 Å². The first-order chi connectivity index (χ1) is 7.45. The molecule has 0 bridgehead atoms. The first kappa shape index (κ1) is 12.6. The molecule has 7 heteroatoms. The van der Waals surface area contributed by atoms with Crippen LogP contribution in [0.25, 0.3) is 0 Å². The summed E-state index contributed by atoms with van der Waals surface area (Å²) in [6, 6.07) is 0. The average Bonchev–Trinajstić information content (AvgIpc) is 2.45. The molecule has 6 nitrogen and oxygen atoms in total. The molecule has 1 saturated heterocycles. The maximum atomic E-state index is 11.7. The van der Waals surface area contributed by atoms with Gasteiger partial charge in [0.25, 0.3) is 11.1 Å². The van der Waals surface area contributed by atoms with Gasteiger partial charge in [0.1, 0.15) is 6.54 Å². The van der Waals surface area contributed by atoms with Gasteiger partial charge in [-0.1, -0.05) is 0 Å². The van der Waals surface area contributed by atoms with Gasteiger partial charge in [-0.15, -0.1) is 0 Å². The van der Waals surface area contributed by atoms with Crippen molar-refractivity contribution in [2.75, 3.05) is 27.7 Å². The molecule has 0 spiro atoms. The molecule has 0 aromatic heterocycles. The third kappa shape index (κ3) is 2.75. The summed E-state index contributed by atoms with van der Waals surface area (Å²) in [7, 11) is 4.69. The first-order valence-corrected chi connectivity index (χ1v) is 5.26. The predicted molar refractivity (Wildman–Crippen MR) is 58.5 cm³/mol. The monoisotopic (exact) mass is 244 g/mol. The molecule has 1 aliphatic heterocycles. The van der Waals surface area contributed by atoms with E-state index >= 15 is 0 Å². The Balaban J connectivity index is 2.79. The van der Waals surface area contributed by atoms with E-state index in [0.29, 0.717) is 4.91 Å². The molecule has 0 aromatic carbocycles. The first-order valence-electron chi connectivity index (χ1n) is 4.44. The zero-order chi connectivity index (χ0) is 12.3. The van der Waals surface area contributed by atoms with E-state index in [1.165, 1.54) is 7.11 Å². The standard InChI is InChI=1S/C9H12N2O4S/c1-10(2)4-6-8(13)11(9(14)16-6)5-7(12)15-3/h4H,5H2,1-3H3/b6-4-. The van der Waals surface area contributed by atoms with Gasteiger partial charge in [0, 0.05) is 20.3 Å². The molecule has 2 amide bonds. The molecule has 16 heavy (non-hydrogen) atoms. The Morgan fingerprint density at radius 2 is 2.12 bits per heavy atom. The van der Waals surface area contributed by atoms with Gasteiger partial charge in [0.05, 0.1) is 12.0 Å². The zero-order valence-corrected chi connectivity index (χ0v) is 10.0. The van der Waals surface area contributed by atoms with Crippen LogP contribution in [0.1, 0.15) is 0 Å². The molecule has 0 saturated carbocycles. The van der Waals surface area contributed by atoms with Crippen molar-refractivity contribution in [2.24, 2.45) is 0 Å². The van der Waals surface area contributed by atoms with Crippen molar-refractivity contribution in [3.63, 3.8) is 0 Å². The van der Waals surface area contributed by atoms with Gasteiger partial charge in [-0.05, 0) is 11.8 Å². The Morgan fingerprint density at radius 3 is 2.62 bits per heavy atom. The van der Waals surface area contributed by atoms with Gasteiger partial charge < -0.3 is 9.64 Å². The molecule has 0 atom stereocenters. The number of rotatable bonds is 3. The molecule has 0 aromatic rings. The summed E-state index contributed by atoms with van der Waals surface area (Å²) in [6.07, 6.45) is 1.54. The number of esters is 1. The van der Waals surface area contributed by atoms with E-state index in [0.717, 1.165) is 16.7 Å². The van der Waals surface area contributed by atoms with E-state index in [2.05, 4.69) is 4.74 Å². The van der Waals surface area contributed by atoms with Crippen molar-refractivity contribution in [3.05, 3.63) is 11.1 Å². The summed E-state index contributed by atoms with van der Waals surface area (Å²) in [5.74, 6) is -1.08. The summed E-state index contributed by atoms with van der Waals surface area (Å²) in [4.78, 5) is 36.9. The molecule has 0 aliphatic carbocycles. The molecule has 1 aliphatic rings. The topological polar surface area (TPSA) is 66.9 Å². The molecule has 1 heterocycles. The number of ether oxygens (including phenoxy) is 1. The number of nitrogens with zero attached hydrogens (tertiary/aromatic N) is 2. The van der Waals surface area contributed by atoms with Crippen molar-refractivity contribution in [1.82, 2.24) is 9.80 Å². The fraction of sp³-hybridized carbons (Fsp3) is 0.444. The fourth-order valence-corrected chi connectivity index (χ4v) is 1.96. The third-order valence-corrected chi connectivity index (χ3v) is 2.66. The minimum absolute atomic E-state index is 0.305. The summed E-state index contributed by atoms with van der Waals surface area (Å²) in [5, 5.41) is -0.455. The molecular formula is C9H12N2O4S. The maximum absolute atomic E-state index is 11.7. The number of thioether (sulfide) groups is 1. The molecule has 88 valence electrons. The van der Waals surface area contributed by atoms with E-state index in [9.17, 15) is 14.4 Å². The Morgan fingerprint density at radius 1 is 1.50 bits per heavy atom. The largest absolute Gasteiger partial charge is 0.468 e. The number of hydrogen-bond acceptors (Lipinski definition) is 6. The maximum Gasteiger partial charge on any atom is 0.325 e. The van der Waals surface area contributed by atoms with Gasteiger partial charge in [-0.25, -0.2) is 0 Å². The fourth-order valence-electron chi connectivity index (χ4n) is 1.05. The van der Waals surface area contributed by atoms with E-state index < -0.39 is 17.1 Å². The lowest BCUT2D eigenvalue weighted by atomic mass is 10.4. The van der Waals surface area contributed by atoms with Crippen LogP contribution in [0.2, 0.25) is 0 Å². The van der Waals surface area contributed by atoms with Crippen LogP contribution in [-0.4, -0.2) is 54.7 Å². The van der Waals surface area contributed by atoms with Crippen LogP contribution >= 0.6 is 11.8 Å². The highest BCUT2D eigenvalue weighted by Crippen LogP contribution is 2.30. The van der Waals surface area contributed by atoms with Crippen molar-refractivity contribution in [3.8, 4) is 0 Å². The highest BCUT2D eigenvalue weighted by molar-refractivity contribution is 8.18. The minimum atomic E-state index is -0.617. The van der Waals surface area contributed by atoms with Crippen LogP contribution < -0.4 is 0 Å². The van der Waals surface area contributed by atoms with Crippen LogP contribution in [0.5, 0.6) is 0 Å². The van der Waals surface area contributed by atoms with Gasteiger partial charge in [0.15, 0.2) is 0 Å². The second-order valence-electron chi connectivity index (χ2n) is 3.29. The summed E-state index contributed by atoms with van der Waals surface area (Å²) >= 11 is 0.812. The van der Waals surface area contributed by atoms with Crippen molar-refractivity contribution >= 4 is 28.9 Å². The van der Waals surface area contributed by atoms with Gasteiger partial charge in [0.2, 0.25) is 0 Å². The minimum Gasteiger partial charge on any atom is -0.468 e.